The van der Waals surface area contributed by atoms with Gasteiger partial charge < -0.3 is 9.47 Å². The van der Waals surface area contributed by atoms with Gasteiger partial charge in [0.15, 0.2) is 5.41 Å². The summed E-state index contributed by atoms with van der Waals surface area (Å²) in [4.78, 5) is 23.9. The molecular weight excluding hydrogens is 232 g/mol. The molecule has 4 nitrogen and oxygen atoms in total. The predicted molar refractivity (Wildman–Crippen MR) is 65.9 cm³/mol. The average Bonchev–Trinajstić information content (AvgIpc) is 3.15. The van der Waals surface area contributed by atoms with Crippen LogP contribution in [0.15, 0.2) is 0 Å². The van der Waals surface area contributed by atoms with E-state index in [1.165, 1.54) is 12.8 Å². The van der Waals surface area contributed by atoms with Crippen LogP contribution in [0.1, 0.15) is 58.3 Å². The fourth-order valence-corrected chi connectivity index (χ4v) is 2.51. The van der Waals surface area contributed by atoms with E-state index in [-0.39, 0.29) is 12.1 Å². The van der Waals surface area contributed by atoms with Crippen molar-refractivity contribution in [3.8, 4) is 0 Å². The zero-order valence-electron chi connectivity index (χ0n) is 11.1. The van der Waals surface area contributed by atoms with Crippen molar-refractivity contribution in [2.75, 3.05) is 6.61 Å². The summed E-state index contributed by atoms with van der Waals surface area (Å²) in [6, 6.07) is 0. The molecule has 0 N–H and O–H groups in total. The highest BCUT2D eigenvalue weighted by atomic mass is 16.6. The molecule has 0 saturated heterocycles. The minimum Gasteiger partial charge on any atom is -0.465 e. The Bertz CT molecular complexity index is 312. The SMILES string of the molecule is CCOC(=O)C1(C(=O)OC2CCCCCC2)CC1. The minimum atomic E-state index is -0.956. The lowest BCUT2D eigenvalue weighted by Crippen LogP contribution is -2.32. The number of ether oxygens (including phenoxy) is 2. The molecule has 0 heterocycles. The third kappa shape index (κ3) is 2.85. The van der Waals surface area contributed by atoms with E-state index in [9.17, 15) is 9.59 Å². The Hall–Kier alpha value is -1.06. The molecule has 4 heteroatoms. The van der Waals surface area contributed by atoms with Crippen LogP contribution in [0.2, 0.25) is 0 Å². The largest absolute Gasteiger partial charge is 0.465 e. The molecule has 2 fully saturated rings. The second kappa shape index (κ2) is 5.72. The third-order valence-corrected chi connectivity index (χ3v) is 3.88. The van der Waals surface area contributed by atoms with Crippen molar-refractivity contribution in [2.45, 2.75) is 64.4 Å². The summed E-state index contributed by atoms with van der Waals surface area (Å²) in [5.41, 5.74) is -0.956. The van der Waals surface area contributed by atoms with Gasteiger partial charge in [-0.3, -0.25) is 9.59 Å². The Morgan fingerprint density at radius 1 is 1.06 bits per heavy atom. The van der Waals surface area contributed by atoms with Gasteiger partial charge in [-0.05, 0) is 45.4 Å². The molecule has 102 valence electrons. The van der Waals surface area contributed by atoms with Crippen molar-refractivity contribution in [1.82, 2.24) is 0 Å². The van der Waals surface area contributed by atoms with Gasteiger partial charge >= 0.3 is 11.9 Å². The first kappa shape index (κ1) is 13.4. The Balaban J connectivity index is 1.88. The number of hydrogen-bond acceptors (Lipinski definition) is 4. The van der Waals surface area contributed by atoms with Gasteiger partial charge in [0.1, 0.15) is 6.10 Å². The van der Waals surface area contributed by atoms with Gasteiger partial charge in [0.2, 0.25) is 0 Å². The monoisotopic (exact) mass is 254 g/mol. The van der Waals surface area contributed by atoms with E-state index in [0.29, 0.717) is 19.4 Å². The molecule has 0 amide bonds. The van der Waals surface area contributed by atoms with Crippen molar-refractivity contribution in [3.05, 3.63) is 0 Å². The van der Waals surface area contributed by atoms with Crippen LogP contribution in [-0.4, -0.2) is 24.6 Å². The molecule has 0 aromatic heterocycles. The van der Waals surface area contributed by atoms with Crippen LogP contribution in [0, 0.1) is 5.41 Å². The molecule has 2 saturated carbocycles. The fourth-order valence-electron chi connectivity index (χ4n) is 2.51. The summed E-state index contributed by atoms with van der Waals surface area (Å²) in [5, 5.41) is 0. The van der Waals surface area contributed by atoms with Crippen LogP contribution < -0.4 is 0 Å². The number of hydrogen-bond donors (Lipinski definition) is 0. The standard InChI is InChI=1S/C14H22O4/c1-2-17-12(15)14(9-10-14)13(16)18-11-7-5-3-4-6-8-11/h11H,2-10H2,1H3. The van der Waals surface area contributed by atoms with Crippen molar-refractivity contribution < 1.29 is 19.1 Å². The highest BCUT2D eigenvalue weighted by Gasteiger charge is 2.59. The Morgan fingerprint density at radius 3 is 2.17 bits per heavy atom. The van der Waals surface area contributed by atoms with E-state index in [2.05, 4.69) is 0 Å². The molecule has 0 unspecified atom stereocenters. The van der Waals surface area contributed by atoms with Crippen LogP contribution in [0.5, 0.6) is 0 Å². The van der Waals surface area contributed by atoms with Crippen molar-refractivity contribution >= 4 is 11.9 Å². The fraction of sp³-hybridized carbons (Fsp3) is 0.857. The van der Waals surface area contributed by atoms with Crippen LogP contribution in [0.4, 0.5) is 0 Å². The first-order chi connectivity index (χ1) is 8.69. The molecule has 0 atom stereocenters. The van der Waals surface area contributed by atoms with E-state index >= 15 is 0 Å². The molecule has 0 aliphatic heterocycles. The molecule has 0 spiro atoms. The second-order valence-electron chi connectivity index (χ2n) is 5.32. The maximum Gasteiger partial charge on any atom is 0.323 e. The van der Waals surface area contributed by atoms with E-state index in [4.69, 9.17) is 9.47 Å². The Kier molecular flexibility index (Phi) is 4.25. The summed E-state index contributed by atoms with van der Waals surface area (Å²) in [5.74, 6) is -0.753. The number of carbonyl (C=O) groups is 2. The molecule has 18 heavy (non-hydrogen) atoms. The highest BCUT2D eigenvalue weighted by molar-refractivity contribution is 6.03. The van der Waals surface area contributed by atoms with Crippen LogP contribution in [0.25, 0.3) is 0 Å². The first-order valence-electron chi connectivity index (χ1n) is 7.07. The molecule has 0 aromatic carbocycles. The molecule has 0 bridgehead atoms. The molecule has 2 rings (SSSR count). The zero-order chi connectivity index (χ0) is 13.0. The number of esters is 2. The third-order valence-electron chi connectivity index (χ3n) is 3.88. The Labute approximate surface area is 108 Å². The molecule has 2 aliphatic carbocycles. The van der Waals surface area contributed by atoms with Crippen molar-refractivity contribution in [1.29, 1.82) is 0 Å². The van der Waals surface area contributed by atoms with Gasteiger partial charge in [-0.25, -0.2) is 0 Å². The molecule has 0 radical (unpaired) electrons. The van der Waals surface area contributed by atoms with Crippen LogP contribution in [0.3, 0.4) is 0 Å². The quantitative estimate of drug-likeness (QED) is 0.439. The van der Waals surface area contributed by atoms with Gasteiger partial charge in [-0.15, -0.1) is 0 Å². The van der Waals surface area contributed by atoms with Crippen molar-refractivity contribution in [3.63, 3.8) is 0 Å². The summed E-state index contributed by atoms with van der Waals surface area (Å²) in [6.07, 6.45) is 7.71. The zero-order valence-corrected chi connectivity index (χ0v) is 11.1. The summed E-state index contributed by atoms with van der Waals surface area (Å²) < 4.78 is 10.5. The van der Waals surface area contributed by atoms with E-state index in [1.54, 1.807) is 6.92 Å². The number of carbonyl (C=O) groups excluding carboxylic acids is 2. The topological polar surface area (TPSA) is 52.6 Å². The first-order valence-corrected chi connectivity index (χ1v) is 7.07. The molecule has 0 aromatic rings. The minimum absolute atomic E-state index is 0.00639. The van der Waals surface area contributed by atoms with E-state index in [0.717, 1.165) is 25.7 Å². The Morgan fingerprint density at radius 2 is 1.67 bits per heavy atom. The summed E-state index contributed by atoms with van der Waals surface area (Å²) in [7, 11) is 0. The number of rotatable bonds is 4. The maximum atomic E-state index is 12.1. The lowest BCUT2D eigenvalue weighted by atomic mass is 10.1. The van der Waals surface area contributed by atoms with Gasteiger partial charge in [-0.2, -0.15) is 0 Å². The van der Waals surface area contributed by atoms with E-state index in [1.807, 2.05) is 0 Å². The average molecular weight is 254 g/mol. The van der Waals surface area contributed by atoms with Crippen LogP contribution >= 0.6 is 0 Å². The lowest BCUT2D eigenvalue weighted by Gasteiger charge is -2.19. The normalized spacial score (nSPS) is 22.9. The molecule has 2 aliphatic rings. The lowest BCUT2D eigenvalue weighted by molar-refractivity contribution is -0.168. The van der Waals surface area contributed by atoms with Gasteiger partial charge in [0.05, 0.1) is 6.61 Å². The summed E-state index contributed by atoms with van der Waals surface area (Å²) in [6.45, 7) is 2.07. The van der Waals surface area contributed by atoms with Gasteiger partial charge in [0.25, 0.3) is 0 Å². The summed E-state index contributed by atoms with van der Waals surface area (Å²) >= 11 is 0. The smallest absolute Gasteiger partial charge is 0.323 e. The predicted octanol–water partition coefficient (Wildman–Crippen LogP) is 2.60. The maximum absolute atomic E-state index is 12.1. The highest BCUT2D eigenvalue weighted by Crippen LogP contribution is 2.48. The van der Waals surface area contributed by atoms with Gasteiger partial charge in [0, 0.05) is 0 Å². The molecular formula is C14H22O4. The van der Waals surface area contributed by atoms with Crippen LogP contribution in [-0.2, 0) is 19.1 Å². The van der Waals surface area contributed by atoms with Gasteiger partial charge in [-0.1, -0.05) is 12.8 Å². The van der Waals surface area contributed by atoms with E-state index < -0.39 is 11.4 Å². The second-order valence-corrected chi connectivity index (χ2v) is 5.32. The van der Waals surface area contributed by atoms with Crippen molar-refractivity contribution in [2.24, 2.45) is 5.41 Å².